The zero-order valence-corrected chi connectivity index (χ0v) is 16.2. The van der Waals surface area contributed by atoms with Gasteiger partial charge in [0.2, 0.25) is 11.8 Å². The molecular formula is C22H23N3O4. The summed E-state index contributed by atoms with van der Waals surface area (Å²) in [4.78, 5) is 27.1. The Balaban J connectivity index is 1.52. The van der Waals surface area contributed by atoms with Gasteiger partial charge in [0.1, 0.15) is 17.9 Å². The van der Waals surface area contributed by atoms with Crippen LogP contribution in [0.5, 0.6) is 5.75 Å². The highest BCUT2D eigenvalue weighted by Crippen LogP contribution is 2.34. The van der Waals surface area contributed by atoms with Gasteiger partial charge in [0, 0.05) is 25.0 Å². The fourth-order valence-electron chi connectivity index (χ4n) is 3.71. The van der Waals surface area contributed by atoms with Crippen LogP contribution < -0.4 is 10.1 Å². The Morgan fingerprint density at radius 2 is 2.07 bits per heavy atom. The molecule has 7 nitrogen and oxygen atoms in total. The van der Waals surface area contributed by atoms with Crippen LogP contribution in [-0.2, 0) is 22.7 Å². The maximum absolute atomic E-state index is 13.0. The number of ether oxygens (including phenoxy) is 1. The molecule has 0 bridgehead atoms. The number of hydrogen-bond acceptors (Lipinski definition) is 4. The third-order valence-corrected chi connectivity index (χ3v) is 5.12. The number of nitrogens with one attached hydrogen (secondary N) is 1. The molecule has 1 aliphatic rings. The number of hydrogen-bond donors (Lipinski definition) is 1. The van der Waals surface area contributed by atoms with Gasteiger partial charge in [-0.05, 0) is 42.0 Å². The Labute approximate surface area is 168 Å². The first-order valence-electron chi connectivity index (χ1n) is 9.53. The zero-order valence-electron chi connectivity index (χ0n) is 16.2. The highest BCUT2D eigenvalue weighted by molar-refractivity contribution is 5.97. The second-order valence-electron chi connectivity index (χ2n) is 6.93. The summed E-state index contributed by atoms with van der Waals surface area (Å²) in [5.74, 6) is 0.851. The maximum atomic E-state index is 13.0. The quantitative estimate of drug-likeness (QED) is 0.654. The van der Waals surface area contributed by atoms with E-state index in [4.69, 9.17) is 9.15 Å². The lowest BCUT2D eigenvalue weighted by atomic mass is 9.99. The Kier molecular flexibility index (Phi) is 5.37. The molecule has 4 rings (SSSR count). The number of benzene rings is 1. The normalized spacial score (nSPS) is 15.6. The summed E-state index contributed by atoms with van der Waals surface area (Å²) >= 11 is 0. The van der Waals surface area contributed by atoms with Crippen LogP contribution in [0, 0.1) is 0 Å². The van der Waals surface area contributed by atoms with Gasteiger partial charge in [0.15, 0.2) is 0 Å². The van der Waals surface area contributed by atoms with Crippen molar-refractivity contribution in [2.75, 3.05) is 13.7 Å². The highest BCUT2D eigenvalue weighted by Gasteiger charge is 2.33. The first-order valence-corrected chi connectivity index (χ1v) is 9.53. The summed E-state index contributed by atoms with van der Waals surface area (Å²) in [7, 11) is 1.62. The SMILES string of the molecule is COc1cccc([C@@H]2c3cccn3CCN2C(=O)CC(=O)NCc2ccco2)c1. The van der Waals surface area contributed by atoms with E-state index >= 15 is 0 Å². The summed E-state index contributed by atoms with van der Waals surface area (Å²) in [5.41, 5.74) is 1.97. The molecule has 0 radical (unpaired) electrons. The van der Waals surface area contributed by atoms with Gasteiger partial charge in [-0.25, -0.2) is 0 Å². The van der Waals surface area contributed by atoms with E-state index in [0.717, 1.165) is 17.0 Å². The molecule has 2 aromatic heterocycles. The van der Waals surface area contributed by atoms with Gasteiger partial charge in [-0.2, -0.15) is 0 Å². The topological polar surface area (TPSA) is 76.7 Å². The van der Waals surface area contributed by atoms with E-state index in [-0.39, 0.29) is 30.8 Å². The first-order chi connectivity index (χ1) is 14.2. The molecule has 3 aromatic rings. The molecule has 2 amide bonds. The van der Waals surface area contributed by atoms with Gasteiger partial charge in [-0.1, -0.05) is 12.1 Å². The summed E-state index contributed by atoms with van der Waals surface area (Å²) in [5, 5.41) is 2.74. The molecule has 150 valence electrons. The molecular weight excluding hydrogens is 370 g/mol. The average Bonchev–Trinajstić information content (AvgIpc) is 3.43. The standard InChI is InChI=1S/C22H23N3O4/c1-28-17-6-2-5-16(13-17)22-19-8-3-9-24(19)10-11-25(22)21(27)14-20(26)23-15-18-7-4-12-29-18/h2-9,12-13,22H,10-11,14-15H2,1H3,(H,23,26)/t22-/m1/s1. The predicted molar refractivity (Wildman–Crippen MR) is 106 cm³/mol. The van der Waals surface area contributed by atoms with Gasteiger partial charge in [-0.15, -0.1) is 0 Å². The van der Waals surface area contributed by atoms with E-state index in [9.17, 15) is 9.59 Å². The second-order valence-corrected chi connectivity index (χ2v) is 6.93. The van der Waals surface area contributed by atoms with Crippen LogP contribution in [0.15, 0.2) is 65.4 Å². The largest absolute Gasteiger partial charge is 0.497 e. The van der Waals surface area contributed by atoms with Gasteiger partial charge >= 0.3 is 0 Å². The molecule has 0 saturated heterocycles. The van der Waals surface area contributed by atoms with Gasteiger partial charge in [-0.3, -0.25) is 9.59 Å². The smallest absolute Gasteiger partial charge is 0.232 e. The van der Waals surface area contributed by atoms with E-state index < -0.39 is 0 Å². The number of methoxy groups -OCH3 is 1. The highest BCUT2D eigenvalue weighted by atomic mass is 16.5. The lowest BCUT2D eigenvalue weighted by Crippen LogP contribution is -2.44. The van der Waals surface area contributed by atoms with Crippen molar-refractivity contribution in [2.24, 2.45) is 0 Å². The summed E-state index contributed by atoms with van der Waals surface area (Å²) < 4.78 is 12.7. The van der Waals surface area contributed by atoms with Crippen LogP contribution in [0.3, 0.4) is 0 Å². The van der Waals surface area contributed by atoms with Crippen molar-refractivity contribution >= 4 is 11.8 Å². The first kappa shape index (κ1) is 18.9. The predicted octanol–water partition coefficient (Wildman–Crippen LogP) is 2.73. The van der Waals surface area contributed by atoms with Gasteiger partial charge in [0.05, 0.1) is 26.0 Å². The zero-order chi connectivity index (χ0) is 20.2. The van der Waals surface area contributed by atoms with Crippen molar-refractivity contribution in [2.45, 2.75) is 25.6 Å². The molecule has 0 saturated carbocycles. The minimum absolute atomic E-state index is 0.206. The Bertz CT molecular complexity index is 993. The molecule has 1 atom stereocenters. The van der Waals surface area contributed by atoms with Crippen LogP contribution in [0.1, 0.15) is 29.5 Å². The van der Waals surface area contributed by atoms with E-state index in [2.05, 4.69) is 9.88 Å². The lowest BCUT2D eigenvalue weighted by Gasteiger charge is -2.37. The Morgan fingerprint density at radius 3 is 2.86 bits per heavy atom. The number of aromatic nitrogens is 1. The van der Waals surface area contributed by atoms with E-state index in [1.54, 1.807) is 30.4 Å². The number of carbonyl (C=O) groups is 2. The fourth-order valence-corrected chi connectivity index (χ4v) is 3.71. The van der Waals surface area contributed by atoms with Crippen molar-refractivity contribution in [1.82, 2.24) is 14.8 Å². The van der Waals surface area contributed by atoms with E-state index in [1.807, 2.05) is 42.6 Å². The van der Waals surface area contributed by atoms with Crippen molar-refractivity contribution < 1.29 is 18.7 Å². The van der Waals surface area contributed by atoms with Crippen LogP contribution in [0.25, 0.3) is 0 Å². The number of amides is 2. The molecule has 0 fully saturated rings. The van der Waals surface area contributed by atoms with E-state index in [0.29, 0.717) is 18.8 Å². The lowest BCUT2D eigenvalue weighted by molar-refractivity contribution is -0.138. The molecule has 3 heterocycles. The maximum Gasteiger partial charge on any atom is 0.232 e. The van der Waals surface area contributed by atoms with Crippen molar-refractivity contribution in [3.05, 3.63) is 78.0 Å². The minimum atomic E-state index is -0.322. The second kappa shape index (κ2) is 8.26. The molecule has 1 N–H and O–H groups in total. The third-order valence-electron chi connectivity index (χ3n) is 5.12. The summed E-state index contributed by atoms with van der Waals surface area (Å²) in [6.07, 6.45) is 3.36. The van der Waals surface area contributed by atoms with Crippen LogP contribution in [0.4, 0.5) is 0 Å². The number of carbonyl (C=O) groups excluding carboxylic acids is 2. The van der Waals surface area contributed by atoms with Crippen LogP contribution in [-0.4, -0.2) is 34.9 Å². The molecule has 1 aromatic carbocycles. The molecule has 0 unspecified atom stereocenters. The molecule has 7 heteroatoms. The third kappa shape index (κ3) is 4.03. The number of rotatable bonds is 6. The summed E-state index contributed by atoms with van der Waals surface area (Å²) in [6.45, 7) is 1.50. The monoisotopic (exact) mass is 393 g/mol. The van der Waals surface area contributed by atoms with E-state index in [1.165, 1.54) is 0 Å². The van der Waals surface area contributed by atoms with Crippen molar-refractivity contribution in [1.29, 1.82) is 0 Å². The molecule has 0 spiro atoms. The fraction of sp³-hybridized carbons (Fsp3) is 0.273. The average molecular weight is 393 g/mol. The number of fused-ring (bicyclic) bond motifs is 1. The van der Waals surface area contributed by atoms with Crippen molar-refractivity contribution in [3.63, 3.8) is 0 Å². The minimum Gasteiger partial charge on any atom is -0.497 e. The Morgan fingerprint density at radius 1 is 1.17 bits per heavy atom. The van der Waals surface area contributed by atoms with Gasteiger partial charge in [0.25, 0.3) is 0 Å². The molecule has 1 aliphatic heterocycles. The van der Waals surface area contributed by atoms with Gasteiger partial charge < -0.3 is 23.9 Å². The number of nitrogens with zero attached hydrogens (tertiary/aromatic N) is 2. The van der Waals surface area contributed by atoms with Crippen LogP contribution >= 0.6 is 0 Å². The molecule has 0 aliphatic carbocycles. The number of furan rings is 1. The molecule has 29 heavy (non-hydrogen) atoms. The van der Waals surface area contributed by atoms with Crippen LogP contribution in [0.2, 0.25) is 0 Å². The summed E-state index contributed by atoms with van der Waals surface area (Å²) in [6, 6.07) is 15.0. The Hall–Kier alpha value is -3.48. The van der Waals surface area contributed by atoms with Crippen molar-refractivity contribution in [3.8, 4) is 5.75 Å².